The Morgan fingerprint density at radius 1 is 0.939 bits per heavy atom. The van der Waals surface area contributed by atoms with E-state index < -0.39 is 0 Å². The number of ether oxygens (including phenoxy) is 3. The molecule has 1 aliphatic rings. The molecule has 182 valence electrons. The largest absolute Gasteiger partial charge is 0.496 e. The minimum Gasteiger partial charge on any atom is -0.496 e. The third-order valence-electron chi connectivity index (χ3n) is 7.24. The monoisotopic (exact) mass is 454 g/mol. The highest BCUT2D eigenvalue weighted by molar-refractivity contribution is 5.54. The third kappa shape index (κ3) is 5.64. The number of rotatable bonds is 11. The van der Waals surface area contributed by atoms with Crippen LogP contribution in [-0.4, -0.2) is 51.9 Å². The first-order valence-electron chi connectivity index (χ1n) is 12.4. The molecule has 2 aromatic rings. The average Bonchev–Trinajstić information content (AvgIpc) is 2.85. The lowest BCUT2D eigenvalue weighted by Crippen LogP contribution is -2.31. The van der Waals surface area contributed by atoms with E-state index in [1.54, 1.807) is 14.2 Å². The molecule has 1 heterocycles. The van der Waals surface area contributed by atoms with Crippen LogP contribution in [0, 0.1) is 0 Å². The second-order valence-electron chi connectivity index (χ2n) is 9.41. The van der Waals surface area contributed by atoms with E-state index in [1.807, 2.05) is 0 Å². The molecular formula is C28H42N2O3. The summed E-state index contributed by atoms with van der Waals surface area (Å²) in [7, 11) is 3.47. The van der Waals surface area contributed by atoms with Crippen molar-refractivity contribution in [3.05, 3.63) is 52.6 Å². The molecule has 1 atom stereocenters. The highest BCUT2D eigenvalue weighted by atomic mass is 16.5. The molecule has 0 aromatic heterocycles. The molecule has 0 saturated carbocycles. The zero-order valence-electron chi connectivity index (χ0n) is 21.6. The average molecular weight is 455 g/mol. The Bertz CT molecular complexity index is 922. The Labute approximate surface area is 200 Å². The van der Waals surface area contributed by atoms with Gasteiger partial charge in [0.25, 0.3) is 0 Å². The Morgan fingerprint density at radius 2 is 1.67 bits per heavy atom. The van der Waals surface area contributed by atoms with Gasteiger partial charge < -0.3 is 24.4 Å². The predicted molar refractivity (Wildman–Crippen MR) is 136 cm³/mol. The minimum absolute atomic E-state index is 0.0485. The van der Waals surface area contributed by atoms with Gasteiger partial charge in [-0.05, 0) is 72.3 Å². The van der Waals surface area contributed by atoms with E-state index in [1.165, 1.54) is 22.3 Å². The highest BCUT2D eigenvalue weighted by Crippen LogP contribution is 2.41. The van der Waals surface area contributed by atoms with E-state index in [0.29, 0.717) is 6.61 Å². The summed E-state index contributed by atoms with van der Waals surface area (Å²) in [6.45, 7) is 15.7. The Morgan fingerprint density at radius 3 is 2.30 bits per heavy atom. The third-order valence-corrected chi connectivity index (χ3v) is 7.24. The smallest absolute Gasteiger partial charge is 0.161 e. The van der Waals surface area contributed by atoms with Gasteiger partial charge in [-0.25, -0.2) is 0 Å². The number of hydrogen-bond donors (Lipinski definition) is 1. The number of nitrogens with zero attached hydrogens (tertiary/aromatic N) is 1. The molecule has 0 saturated heterocycles. The second-order valence-corrected chi connectivity index (χ2v) is 9.41. The normalized spacial score (nSPS) is 15.9. The second kappa shape index (κ2) is 11.3. The van der Waals surface area contributed by atoms with E-state index in [4.69, 9.17) is 14.2 Å². The van der Waals surface area contributed by atoms with Gasteiger partial charge in [0.15, 0.2) is 11.5 Å². The minimum atomic E-state index is 0.0485. The van der Waals surface area contributed by atoms with E-state index in [0.717, 1.165) is 56.3 Å². The SMILES string of the molecule is CCN(CC)CCOc1cc2c(cc1OC)CCNC2c1cc(C(C)(C)CC)ccc1OC. The number of hydrogen-bond acceptors (Lipinski definition) is 5. The van der Waals surface area contributed by atoms with E-state index >= 15 is 0 Å². The molecule has 1 N–H and O–H groups in total. The summed E-state index contributed by atoms with van der Waals surface area (Å²) in [5.41, 5.74) is 5.16. The lowest BCUT2D eigenvalue weighted by Gasteiger charge is -2.31. The quantitative estimate of drug-likeness (QED) is 0.496. The van der Waals surface area contributed by atoms with Crippen molar-refractivity contribution in [1.82, 2.24) is 10.2 Å². The maximum absolute atomic E-state index is 6.24. The predicted octanol–water partition coefficient (Wildman–Crippen LogP) is 5.35. The summed E-state index contributed by atoms with van der Waals surface area (Å²) in [5, 5.41) is 3.74. The first-order valence-corrected chi connectivity index (χ1v) is 12.4. The fraction of sp³-hybridized carbons (Fsp3) is 0.571. The van der Waals surface area contributed by atoms with Crippen LogP contribution >= 0.6 is 0 Å². The molecule has 0 fully saturated rings. The fourth-order valence-corrected chi connectivity index (χ4v) is 4.52. The van der Waals surface area contributed by atoms with Crippen LogP contribution in [0.25, 0.3) is 0 Å². The van der Waals surface area contributed by atoms with Crippen LogP contribution in [0.15, 0.2) is 30.3 Å². The highest BCUT2D eigenvalue weighted by Gasteiger charge is 2.28. The van der Waals surface area contributed by atoms with Crippen molar-refractivity contribution in [3.8, 4) is 17.2 Å². The van der Waals surface area contributed by atoms with Crippen LogP contribution in [0.5, 0.6) is 17.2 Å². The summed E-state index contributed by atoms with van der Waals surface area (Å²) >= 11 is 0. The molecular weight excluding hydrogens is 412 g/mol. The van der Waals surface area contributed by atoms with Gasteiger partial charge in [0.1, 0.15) is 12.4 Å². The van der Waals surface area contributed by atoms with Crippen LogP contribution in [0.1, 0.15) is 69.3 Å². The van der Waals surface area contributed by atoms with Crippen LogP contribution in [0.3, 0.4) is 0 Å². The molecule has 3 rings (SSSR count). The first kappa shape index (κ1) is 25.4. The van der Waals surface area contributed by atoms with Gasteiger partial charge >= 0.3 is 0 Å². The van der Waals surface area contributed by atoms with Gasteiger partial charge in [0.2, 0.25) is 0 Å². The first-order chi connectivity index (χ1) is 15.9. The molecule has 0 spiro atoms. The zero-order chi connectivity index (χ0) is 24.0. The summed E-state index contributed by atoms with van der Waals surface area (Å²) in [4.78, 5) is 2.36. The molecule has 5 nitrogen and oxygen atoms in total. The maximum Gasteiger partial charge on any atom is 0.161 e. The Hall–Kier alpha value is -2.24. The molecule has 0 amide bonds. The molecule has 1 unspecified atom stereocenters. The fourth-order valence-electron chi connectivity index (χ4n) is 4.52. The van der Waals surface area contributed by atoms with Crippen molar-refractivity contribution in [3.63, 3.8) is 0 Å². The maximum atomic E-state index is 6.24. The van der Waals surface area contributed by atoms with Crippen molar-refractivity contribution in [2.75, 3.05) is 47.0 Å². The topological polar surface area (TPSA) is 43.0 Å². The number of likely N-dealkylation sites (N-methyl/N-ethyl adjacent to an activating group) is 1. The van der Waals surface area contributed by atoms with Crippen LogP contribution in [0.4, 0.5) is 0 Å². The van der Waals surface area contributed by atoms with Crippen molar-refractivity contribution >= 4 is 0 Å². The van der Waals surface area contributed by atoms with Crippen molar-refractivity contribution in [2.24, 2.45) is 0 Å². The van der Waals surface area contributed by atoms with Gasteiger partial charge in [0.05, 0.1) is 20.3 Å². The number of nitrogens with one attached hydrogen (secondary N) is 1. The summed E-state index contributed by atoms with van der Waals surface area (Å²) in [6.07, 6.45) is 2.04. The standard InChI is InChI=1S/C28H42N2O3/c1-8-28(4,5)21-11-12-24(31-6)23(18-21)27-22-19-26(33-16-15-30(9-2)10-3)25(32-7)17-20(22)13-14-29-27/h11-12,17-19,27,29H,8-10,13-16H2,1-7H3. The molecule has 0 radical (unpaired) electrons. The van der Waals surface area contributed by atoms with E-state index in [9.17, 15) is 0 Å². The molecule has 2 aromatic carbocycles. The van der Waals surface area contributed by atoms with Crippen molar-refractivity contribution < 1.29 is 14.2 Å². The number of benzene rings is 2. The molecule has 33 heavy (non-hydrogen) atoms. The summed E-state index contributed by atoms with van der Waals surface area (Å²) in [5.74, 6) is 2.53. The van der Waals surface area contributed by atoms with Gasteiger partial charge in [0, 0.05) is 18.7 Å². The molecule has 0 aliphatic carbocycles. The molecule has 1 aliphatic heterocycles. The van der Waals surface area contributed by atoms with Crippen LogP contribution in [-0.2, 0) is 11.8 Å². The lowest BCUT2D eigenvalue weighted by molar-refractivity contribution is 0.217. The molecule has 5 heteroatoms. The van der Waals surface area contributed by atoms with E-state index in [2.05, 4.69) is 75.2 Å². The number of fused-ring (bicyclic) bond motifs is 1. The van der Waals surface area contributed by atoms with E-state index in [-0.39, 0.29) is 11.5 Å². The zero-order valence-corrected chi connectivity index (χ0v) is 21.6. The Balaban J connectivity index is 1.99. The number of methoxy groups -OCH3 is 2. The lowest BCUT2D eigenvalue weighted by atomic mass is 9.80. The summed E-state index contributed by atoms with van der Waals surface area (Å²) < 4.78 is 17.7. The van der Waals surface area contributed by atoms with Crippen molar-refractivity contribution in [2.45, 2.75) is 58.9 Å². The van der Waals surface area contributed by atoms with Gasteiger partial charge in [-0.2, -0.15) is 0 Å². The van der Waals surface area contributed by atoms with Gasteiger partial charge in [-0.1, -0.05) is 40.7 Å². The Kier molecular flexibility index (Phi) is 8.66. The van der Waals surface area contributed by atoms with Crippen LogP contribution < -0.4 is 19.5 Å². The van der Waals surface area contributed by atoms with Gasteiger partial charge in [-0.3, -0.25) is 0 Å². The molecule has 0 bridgehead atoms. The summed E-state index contributed by atoms with van der Waals surface area (Å²) in [6, 6.07) is 11.0. The van der Waals surface area contributed by atoms with Crippen molar-refractivity contribution in [1.29, 1.82) is 0 Å². The van der Waals surface area contributed by atoms with Crippen LogP contribution in [0.2, 0.25) is 0 Å². The van der Waals surface area contributed by atoms with Gasteiger partial charge in [-0.15, -0.1) is 0 Å².